The Hall–Kier alpha value is -4.38. The van der Waals surface area contributed by atoms with Gasteiger partial charge in [-0.1, -0.05) is 38.1 Å². The number of esters is 3. The van der Waals surface area contributed by atoms with Crippen LogP contribution in [-0.4, -0.2) is 37.2 Å². The van der Waals surface area contributed by atoms with Crippen LogP contribution in [0.3, 0.4) is 0 Å². The zero-order chi connectivity index (χ0) is 26.2. The van der Waals surface area contributed by atoms with E-state index in [1.165, 1.54) is 0 Å². The molecule has 0 saturated heterocycles. The van der Waals surface area contributed by atoms with Gasteiger partial charge in [-0.05, 0) is 55.7 Å². The van der Waals surface area contributed by atoms with Crippen LogP contribution in [0.2, 0.25) is 0 Å². The van der Waals surface area contributed by atoms with Crippen LogP contribution in [0, 0.1) is 6.57 Å². The SMILES string of the molecule is [C-]#[N+]c1ccc(OC(=O)c2ccc(OCCCCCCC(COC(=O)C=C)OC(=O)C=C)cc2)cc1. The van der Waals surface area contributed by atoms with Crippen molar-refractivity contribution in [2.24, 2.45) is 0 Å². The third-order valence-corrected chi connectivity index (χ3v) is 4.98. The van der Waals surface area contributed by atoms with E-state index in [-0.39, 0.29) is 6.61 Å². The molecule has 0 radical (unpaired) electrons. The molecule has 0 aliphatic carbocycles. The van der Waals surface area contributed by atoms with E-state index in [4.69, 9.17) is 25.5 Å². The first-order chi connectivity index (χ1) is 17.4. The zero-order valence-corrected chi connectivity index (χ0v) is 20.0. The first-order valence-corrected chi connectivity index (χ1v) is 11.5. The fraction of sp³-hybridized carbons (Fsp3) is 0.286. The van der Waals surface area contributed by atoms with Crippen molar-refractivity contribution < 1.29 is 33.3 Å². The Morgan fingerprint density at radius 3 is 2.14 bits per heavy atom. The van der Waals surface area contributed by atoms with E-state index in [0.717, 1.165) is 37.8 Å². The molecule has 0 heterocycles. The average Bonchev–Trinajstić information content (AvgIpc) is 2.91. The summed E-state index contributed by atoms with van der Waals surface area (Å²) in [4.78, 5) is 38.3. The van der Waals surface area contributed by atoms with Gasteiger partial charge in [0.15, 0.2) is 5.69 Å². The fourth-order valence-electron chi connectivity index (χ4n) is 3.08. The monoisotopic (exact) mass is 491 g/mol. The molecule has 0 fully saturated rings. The van der Waals surface area contributed by atoms with E-state index in [2.05, 4.69) is 18.0 Å². The maximum Gasteiger partial charge on any atom is 0.343 e. The van der Waals surface area contributed by atoms with E-state index in [1.807, 2.05) is 0 Å². The van der Waals surface area contributed by atoms with Crippen molar-refractivity contribution in [2.75, 3.05) is 13.2 Å². The van der Waals surface area contributed by atoms with Crippen LogP contribution in [0.5, 0.6) is 11.5 Å². The molecule has 0 aliphatic heterocycles. The molecular formula is C28H29NO7. The van der Waals surface area contributed by atoms with Crippen LogP contribution in [0.25, 0.3) is 4.85 Å². The van der Waals surface area contributed by atoms with Crippen LogP contribution >= 0.6 is 0 Å². The second kappa shape index (κ2) is 15.5. The lowest BCUT2D eigenvalue weighted by atomic mass is 10.1. The summed E-state index contributed by atoms with van der Waals surface area (Å²) in [5.41, 5.74) is 0.864. The van der Waals surface area contributed by atoms with E-state index in [1.54, 1.807) is 48.5 Å². The summed E-state index contributed by atoms with van der Waals surface area (Å²) in [7, 11) is 0. The lowest BCUT2D eigenvalue weighted by Crippen LogP contribution is -2.24. The number of hydrogen-bond acceptors (Lipinski definition) is 7. The predicted molar refractivity (Wildman–Crippen MR) is 134 cm³/mol. The minimum Gasteiger partial charge on any atom is -0.494 e. The molecule has 8 heteroatoms. The molecule has 1 atom stereocenters. The minimum absolute atomic E-state index is 0.0222. The van der Waals surface area contributed by atoms with Gasteiger partial charge in [0.25, 0.3) is 0 Å². The molecule has 2 aromatic rings. The van der Waals surface area contributed by atoms with Gasteiger partial charge in [0.2, 0.25) is 0 Å². The quantitative estimate of drug-likeness (QED) is 0.105. The van der Waals surface area contributed by atoms with Gasteiger partial charge < -0.3 is 18.9 Å². The lowest BCUT2D eigenvalue weighted by molar-refractivity contribution is -0.153. The Kier molecular flexibility index (Phi) is 12.0. The van der Waals surface area contributed by atoms with E-state index in [0.29, 0.717) is 35.8 Å². The summed E-state index contributed by atoms with van der Waals surface area (Å²) >= 11 is 0. The maximum absolute atomic E-state index is 12.3. The number of carbonyl (C=O) groups excluding carboxylic acids is 3. The molecular weight excluding hydrogens is 462 g/mol. The molecule has 188 valence electrons. The van der Waals surface area contributed by atoms with Gasteiger partial charge in [-0.25, -0.2) is 19.2 Å². The Morgan fingerprint density at radius 2 is 1.50 bits per heavy atom. The molecule has 8 nitrogen and oxygen atoms in total. The van der Waals surface area contributed by atoms with Gasteiger partial charge in [0.1, 0.15) is 24.2 Å². The minimum atomic E-state index is -0.566. The summed E-state index contributed by atoms with van der Waals surface area (Å²) in [6.07, 6.45) is 5.58. The summed E-state index contributed by atoms with van der Waals surface area (Å²) in [6.45, 7) is 14.1. The van der Waals surface area contributed by atoms with Gasteiger partial charge in [-0.3, -0.25) is 0 Å². The molecule has 2 rings (SSSR count). The number of benzene rings is 2. The molecule has 0 aliphatic rings. The van der Waals surface area contributed by atoms with E-state index >= 15 is 0 Å². The van der Waals surface area contributed by atoms with Gasteiger partial charge in [-0.15, -0.1) is 0 Å². The van der Waals surface area contributed by atoms with Gasteiger partial charge in [0.05, 0.1) is 18.7 Å². The van der Waals surface area contributed by atoms with Gasteiger partial charge in [-0.2, -0.15) is 0 Å². The van der Waals surface area contributed by atoms with Crippen molar-refractivity contribution in [3.63, 3.8) is 0 Å². The maximum atomic E-state index is 12.3. The van der Waals surface area contributed by atoms with Crippen molar-refractivity contribution in [2.45, 2.75) is 38.2 Å². The highest BCUT2D eigenvalue weighted by atomic mass is 16.6. The Balaban J connectivity index is 1.66. The van der Waals surface area contributed by atoms with E-state index in [9.17, 15) is 14.4 Å². The number of hydrogen-bond donors (Lipinski definition) is 0. The highest BCUT2D eigenvalue weighted by Gasteiger charge is 2.15. The van der Waals surface area contributed by atoms with Crippen LogP contribution in [-0.2, 0) is 19.1 Å². The van der Waals surface area contributed by atoms with Crippen LogP contribution in [0.15, 0.2) is 73.8 Å². The summed E-state index contributed by atoms with van der Waals surface area (Å²) in [5.74, 6) is -0.598. The molecule has 0 amide bonds. The zero-order valence-electron chi connectivity index (χ0n) is 20.0. The van der Waals surface area contributed by atoms with Gasteiger partial charge in [0, 0.05) is 12.2 Å². The second-order valence-electron chi connectivity index (χ2n) is 7.67. The highest BCUT2D eigenvalue weighted by molar-refractivity contribution is 5.91. The molecule has 0 spiro atoms. The summed E-state index contributed by atoms with van der Waals surface area (Å²) < 4.78 is 21.2. The molecule has 0 bridgehead atoms. The van der Waals surface area contributed by atoms with E-state index < -0.39 is 24.0 Å². The molecule has 0 N–H and O–H groups in total. The number of ether oxygens (including phenoxy) is 4. The molecule has 0 aromatic heterocycles. The lowest BCUT2D eigenvalue weighted by Gasteiger charge is -2.16. The highest BCUT2D eigenvalue weighted by Crippen LogP contribution is 2.20. The Labute approximate surface area is 210 Å². The van der Waals surface area contributed by atoms with Crippen molar-refractivity contribution in [1.82, 2.24) is 0 Å². The largest absolute Gasteiger partial charge is 0.494 e. The fourth-order valence-corrected chi connectivity index (χ4v) is 3.08. The smallest absolute Gasteiger partial charge is 0.343 e. The van der Waals surface area contributed by atoms with Crippen LogP contribution < -0.4 is 9.47 Å². The Bertz CT molecular complexity index is 1070. The number of unbranched alkanes of at least 4 members (excludes halogenated alkanes) is 3. The van der Waals surface area contributed by atoms with Gasteiger partial charge >= 0.3 is 17.9 Å². The first-order valence-electron chi connectivity index (χ1n) is 11.5. The van der Waals surface area contributed by atoms with Crippen molar-refractivity contribution in [1.29, 1.82) is 0 Å². The summed E-state index contributed by atoms with van der Waals surface area (Å²) in [6, 6.07) is 13.0. The van der Waals surface area contributed by atoms with Crippen LogP contribution in [0.4, 0.5) is 5.69 Å². The first kappa shape index (κ1) is 27.9. The average molecular weight is 492 g/mol. The molecule has 2 aromatic carbocycles. The number of carbonyl (C=O) groups is 3. The summed E-state index contributed by atoms with van der Waals surface area (Å²) in [5, 5.41) is 0. The number of nitrogens with zero attached hydrogens (tertiary/aromatic N) is 1. The molecule has 0 saturated carbocycles. The second-order valence-corrected chi connectivity index (χ2v) is 7.67. The predicted octanol–water partition coefficient (Wildman–Crippen LogP) is 5.61. The molecule has 1 unspecified atom stereocenters. The van der Waals surface area contributed by atoms with Crippen LogP contribution in [0.1, 0.15) is 42.5 Å². The van der Waals surface area contributed by atoms with Crippen molar-refractivity contribution in [3.8, 4) is 11.5 Å². The molecule has 36 heavy (non-hydrogen) atoms. The standard InChI is InChI=1S/C28H29NO7/c1-4-26(30)34-20-25(35-27(31)5-2)10-8-6-7-9-19-33-23-15-11-21(12-16-23)28(32)36-24-17-13-22(29-3)14-18-24/h4-5,11-18,25H,1-2,6-10,19-20H2. The Morgan fingerprint density at radius 1 is 0.861 bits per heavy atom. The third kappa shape index (κ3) is 10.3. The third-order valence-electron chi connectivity index (χ3n) is 4.98. The van der Waals surface area contributed by atoms with Crippen molar-refractivity contribution >= 4 is 23.6 Å². The normalized spacial score (nSPS) is 10.9. The topological polar surface area (TPSA) is 92.5 Å². The van der Waals surface area contributed by atoms with Crippen molar-refractivity contribution in [3.05, 3.63) is 90.8 Å². The number of rotatable bonds is 15.